The first-order valence-electron chi connectivity index (χ1n) is 6.70. The fourth-order valence-electron chi connectivity index (χ4n) is 1.74. The Morgan fingerprint density at radius 3 is 2.48 bits per heavy atom. The second-order valence-corrected chi connectivity index (χ2v) is 4.33. The molecule has 0 aromatic heterocycles. The van der Waals surface area contributed by atoms with Gasteiger partial charge in [0, 0.05) is 20.8 Å². The summed E-state index contributed by atoms with van der Waals surface area (Å²) >= 11 is 0. The summed E-state index contributed by atoms with van der Waals surface area (Å²) in [5.41, 5.74) is 0.730. The van der Waals surface area contributed by atoms with Crippen molar-refractivity contribution in [2.24, 2.45) is 0 Å². The van der Waals surface area contributed by atoms with E-state index in [2.05, 4.69) is 10.1 Å². The Labute approximate surface area is 124 Å². The lowest BCUT2D eigenvalue weighted by molar-refractivity contribution is 0.0599. The van der Waals surface area contributed by atoms with Crippen LogP contribution in [0.4, 0.5) is 0 Å². The smallest absolute Gasteiger partial charge is 0.337 e. The van der Waals surface area contributed by atoms with E-state index in [1.54, 1.807) is 20.2 Å². The van der Waals surface area contributed by atoms with Crippen LogP contribution in [0.5, 0.6) is 5.75 Å². The number of carbonyl (C=O) groups excluding carboxylic acids is 2. The van der Waals surface area contributed by atoms with E-state index >= 15 is 0 Å². The number of methoxy groups -OCH3 is 2. The van der Waals surface area contributed by atoms with Crippen LogP contribution in [-0.4, -0.2) is 46.4 Å². The van der Waals surface area contributed by atoms with Crippen molar-refractivity contribution in [3.8, 4) is 5.75 Å². The molecule has 0 heterocycles. The van der Waals surface area contributed by atoms with Crippen LogP contribution in [0.25, 0.3) is 0 Å². The molecule has 0 spiro atoms. The van der Waals surface area contributed by atoms with Gasteiger partial charge in [0.1, 0.15) is 5.75 Å². The number of rotatable bonds is 8. The van der Waals surface area contributed by atoms with Gasteiger partial charge < -0.3 is 19.5 Å². The summed E-state index contributed by atoms with van der Waals surface area (Å²) in [7, 11) is 4.49. The van der Waals surface area contributed by atoms with Crippen LogP contribution in [0.2, 0.25) is 0 Å². The number of amides is 1. The Morgan fingerprint density at radius 1 is 1.14 bits per heavy atom. The summed E-state index contributed by atoms with van der Waals surface area (Å²) < 4.78 is 15.2. The summed E-state index contributed by atoms with van der Waals surface area (Å²) in [6.45, 7) is 1.10. The van der Waals surface area contributed by atoms with Crippen molar-refractivity contribution in [2.45, 2.75) is 12.8 Å². The van der Waals surface area contributed by atoms with Gasteiger partial charge in [-0.3, -0.25) is 4.79 Å². The third kappa shape index (κ3) is 5.07. The number of unbranched alkanes of at least 4 members (excludes halogenated alkanes) is 1. The van der Waals surface area contributed by atoms with E-state index in [1.165, 1.54) is 19.2 Å². The summed E-state index contributed by atoms with van der Waals surface area (Å²) in [6.07, 6.45) is 1.66. The predicted molar refractivity (Wildman–Crippen MR) is 77.8 cm³/mol. The van der Waals surface area contributed by atoms with Gasteiger partial charge in [-0.15, -0.1) is 0 Å². The van der Waals surface area contributed by atoms with Gasteiger partial charge in [0.25, 0.3) is 5.91 Å². The Kier molecular flexibility index (Phi) is 7.25. The molecule has 0 aliphatic carbocycles. The molecule has 6 heteroatoms. The van der Waals surface area contributed by atoms with E-state index in [0.717, 1.165) is 12.8 Å². The molecule has 0 aliphatic rings. The Hall–Kier alpha value is -2.08. The van der Waals surface area contributed by atoms with E-state index in [0.29, 0.717) is 30.1 Å². The number of benzene rings is 1. The molecule has 1 aromatic rings. The quantitative estimate of drug-likeness (QED) is 0.583. The van der Waals surface area contributed by atoms with Crippen molar-refractivity contribution in [3.63, 3.8) is 0 Å². The van der Waals surface area contributed by atoms with Crippen LogP contribution in [-0.2, 0) is 9.47 Å². The normalized spacial score (nSPS) is 10.0. The van der Waals surface area contributed by atoms with Crippen LogP contribution in [0.3, 0.4) is 0 Å². The summed E-state index contributed by atoms with van der Waals surface area (Å²) in [6, 6.07) is 4.61. The topological polar surface area (TPSA) is 73.9 Å². The van der Waals surface area contributed by atoms with E-state index in [4.69, 9.17) is 9.47 Å². The van der Waals surface area contributed by atoms with Crippen molar-refractivity contribution in [1.82, 2.24) is 5.32 Å². The highest BCUT2D eigenvalue weighted by molar-refractivity contribution is 5.98. The summed E-state index contributed by atoms with van der Waals surface area (Å²) in [4.78, 5) is 23.3. The maximum absolute atomic E-state index is 11.8. The molecule has 0 aliphatic heterocycles. The van der Waals surface area contributed by atoms with Gasteiger partial charge in [0.15, 0.2) is 0 Å². The average molecular weight is 295 g/mol. The fourth-order valence-corrected chi connectivity index (χ4v) is 1.74. The lowest BCUT2D eigenvalue weighted by Gasteiger charge is -2.12. The third-order valence-corrected chi connectivity index (χ3v) is 2.87. The number of hydrogen-bond donors (Lipinski definition) is 1. The fraction of sp³-hybridized carbons (Fsp3) is 0.467. The van der Waals surface area contributed by atoms with Crippen molar-refractivity contribution >= 4 is 11.9 Å². The first-order chi connectivity index (χ1) is 10.1. The van der Waals surface area contributed by atoms with Gasteiger partial charge in [-0.1, -0.05) is 0 Å². The molecule has 21 heavy (non-hydrogen) atoms. The van der Waals surface area contributed by atoms with Crippen molar-refractivity contribution in [1.29, 1.82) is 0 Å². The zero-order valence-electron chi connectivity index (χ0n) is 12.6. The van der Waals surface area contributed by atoms with Crippen molar-refractivity contribution in [3.05, 3.63) is 29.3 Å². The van der Waals surface area contributed by atoms with E-state index < -0.39 is 5.97 Å². The second kappa shape index (κ2) is 8.97. The van der Waals surface area contributed by atoms with Gasteiger partial charge in [-0.05, 0) is 31.0 Å². The van der Waals surface area contributed by atoms with Crippen molar-refractivity contribution in [2.75, 3.05) is 34.5 Å². The van der Waals surface area contributed by atoms with Crippen LogP contribution in [0.1, 0.15) is 33.6 Å². The molecule has 0 saturated heterocycles. The van der Waals surface area contributed by atoms with E-state index in [-0.39, 0.29) is 5.91 Å². The Morgan fingerprint density at radius 2 is 1.86 bits per heavy atom. The Balaban J connectivity index is 2.84. The Bertz CT molecular complexity index is 487. The zero-order chi connectivity index (χ0) is 15.7. The largest absolute Gasteiger partial charge is 0.493 e. The molecule has 1 aromatic carbocycles. The first kappa shape index (κ1) is 17.0. The molecule has 0 fully saturated rings. The number of nitrogens with one attached hydrogen (secondary N) is 1. The molecular weight excluding hydrogens is 274 g/mol. The lowest BCUT2D eigenvalue weighted by atomic mass is 10.1. The standard InChI is InChI=1S/C15H21NO5/c1-16-14(17)12-7-6-11(15(18)20-3)10-13(12)21-9-5-4-8-19-2/h6-7,10H,4-5,8-9H2,1-3H3,(H,16,17). The molecule has 0 radical (unpaired) electrons. The summed E-state index contributed by atoms with van der Waals surface area (Å²) in [5.74, 6) is -0.365. The second-order valence-electron chi connectivity index (χ2n) is 4.33. The third-order valence-electron chi connectivity index (χ3n) is 2.87. The maximum Gasteiger partial charge on any atom is 0.337 e. The number of hydrogen-bond acceptors (Lipinski definition) is 5. The first-order valence-corrected chi connectivity index (χ1v) is 6.70. The van der Waals surface area contributed by atoms with Crippen LogP contribution in [0, 0.1) is 0 Å². The molecule has 116 valence electrons. The monoisotopic (exact) mass is 295 g/mol. The molecule has 1 rings (SSSR count). The molecular formula is C15H21NO5. The lowest BCUT2D eigenvalue weighted by Crippen LogP contribution is -2.19. The van der Waals surface area contributed by atoms with Crippen molar-refractivity contribution < 1.29 is 23.8 Å². The van der Waals surface area contributed by atoms with Crippen LogP contribution >= 0.6 is 0 Å². The minimum Gasteiger partial charge on any atom is -0.493 e. The minimum atomic E-state index is -0.470. The molecule has 0 unspecified atom stereocenters. The number of carbonyl (C=O) groups is 2. The van der Waals surface area contributed by atoms with Gasteiger partial charge in [-0.2, -0.15) is 0 Å². The highest BCUT2D eigenvalue weighted by atomic mass is 16.5. The number of esters is 1. The molecule has 0 bridgehead atoms. The molecule has 6 nitrogen and oxygen atoms in total. The average Bonchev–Trinajstić information content (AvgIpc) is 2.53. The van der Waals surface area contributed by atoms with E-state index in [9.17, 15) is 9.59 Å². The molecule has 1 N–H and O–H groups in total. The predicted octanol–water partition coefficient (Wildman–Crippen LogP) is 1.64. The van der Waals surface area contributed by atoms with Gasteiger partial charge in [0.05, 0.1) is 24.8 Å². The van der Waals surface area contributed by atoms with Gasteiger partial charge in [-0.25, -0.2) is 4.79 Å². The van der Waals surface area contributed by atoms with E-state index in [1.807, 2.05) is 0 Å². The zero-order valence-corrected chi connectivity index (χ0v) is 12.6. The highest BCUT2D eigenvalue weighted by Crippen LogP contribution is 2.21. The van der Waals surface area contributed by atoms with Crippen LogP contribution in [0.15, 0.2) is 18.2 Å². The minimum absolute atomic E-state index is 0.265. The maximum atomic E-state index is 11.8. The van der Waals surface area contributed by atoms with Gasteiger partial charge >= 0.3 is 5.97 Å². The SMILES string of the molecule is CNC(=O)c1ccc(C(=O)OC)cc1OCCCCOC. The molecule has 0 atom stereocenters. The van der Waals surface area contributed by atoms with Crippen LogP contribution < -0.4 is 10.1 Å². The number of ether oxygens (including phenoxy) is 3. The molecule has 1 amide bonds. The summed E-state index contributed by atoms with van der Waals surface area (Å²) in [5, 5.41) is 2.54. The molecule has 0 saturated carbocycles. The highest BCUT2D eigenvalue weighted by Gasteiger charge is 2.15. The van der Waals surface area contributed by atoms with Gasteiger partial charge in [0.2, 0.25) is 0 Å².